The van der Waals surface area contributed by atoms with Crippen molar-refractivity contribution in [3.63, 3.8) is 0 Å². The molecular formula is C22H21ClN2O4S. The Labute approximate surface area is 180 Å². The number of sulfonamides is 1. The molecule has 3 aromatic carbocycles. The monoisotopic (exact) mass is 444 g/mol. The number of nitrogens with one attached hydrogen (secondary N) is 2. The molecular weight excluding hydrogens is 424 g/mol. The minimum Gasteiger partial charge on any atom is -0.495 e. The zero-order valence-corrected chi connectivity index (χ0v) is 18.0. The normalized spacial score (nSPS) is 11.0. The Morgan fingerprint density at radius 3 is 2.37 bits per heavy atom. The number of benzene rings is 3. The van der Waals surface area contributed by atoms with E-state index in [1.807, 2.05) is 31.2 Å². The second-order valence-corrected chi connectivity index (χ2v) is 8.78. The Morgan fingerprint density at radius 2 is 1.70 bits per heavy atom. The molecule has 0 aliphatic heterocycles. The number of amides is 1. The summed E-state index contributed by atoms with van der Waals surface area (Å²) in [6.07, 6.45) is 0.179. The van der Waals surface area contributed by atoms with Crippen LogP contribution < -0.4 is 14.8 Å². The van der Waals surface area contributed by atoms with E-state index in [0.717, 1.165) is 11.1 Å². The first-order chi connectivity index (χ1) is 14.3. The largest absolute Gasteiger partial charge is 0.495 e. The van der Waals surface area contributed by atoms with E-state index in [-0.39, 0.29) is 23.0 Å². The van der Waals surface area contributed by atoms with Gasteiger partial charge in [0, 0.05) is 16.4 Å². The number of carbonyl (C=O) groups is 1. The molecule has 6 nitrogen and oxygen atoms in total. The molecule has 0 aromatic heterocycles. The predicted octanol–water partition coefficient (Wildman–Crippen LogP) is 4.64. The van der Waals surface area contributed by atoms with Crippen LogP contribution in [0.3, 0.4) is 0 Å². The van der Waals surface area contributed by atoms with Crippen LogP contribution in [0.1, 0.15) is 11.1 Å². The molecule has 2 N–H and O–H groups in total. The van der Waals surface area contributed by atoms with Crippen LogP contribution in [-0.2, 0) is 21.2 Å². The van der Waals surface area contributed by atoms with Crippen LogP contribution in [0.15, 0.2) is 71.6 Å². The number of halogens is 1. The van der Waals surface area contributed by atoms with Crippen LogP contribution in [0.4, 0.5) is 11.4 Å². The molecule has 3 rings (SSSR count). The third-order valence-corrected chi connectivity index (χ3v) is 5.93. The van der Waals surface area contributed by atoms with Crippen molar-refractivity contribution in [3.05, 3.63) is 82.9 Å². The van der Waals surface area contributed by atoms with Crippen LogP contribution in [0.2, 0.25) is 5.02 Å². The Kier molecular flexibility index (Phi) is 6.64. The van der Waals surface area contributed by atoms with Gasteiger partial charge in [-0.2, -0.15) is 0 Å². The highest BCUT2D eigenvalue weighted by molar-refractivity contribution is 7.92. The first-order valence-electron chi connectivity index (χ1n) is 9.08. The first-order valence-corrected chi connectivity index (χ1v) is 10.9. The van der Waals surface area contributed by atoms with Crippen molar-refractivity contribution in [2.24, 2.45) is 0 Å². The molecule has 156 valence electrons. The summed E-state index contributed by atoms with van der Waals surface area (Å²) in [6, 6.07) is 18.4. The minimum atomic E-state index is -3.96. The topological polar surface area (TPSA) is 84.5 Å². The molecule has 0 saturated heterocycles. The van der Waals surface area contributed by atoms with Gasteiger partial charge in [0.2, 0.25) is 5.91 Å². The Balaban J connectivity index is 1.82. The minimum absolute atomic E-state index is 0.0895. The summed E-state index contributed by atoms with van der Waals surface area (Å²) in [7, 11) is -2.58. The third-order valence-electron chi connectivity index (χ3n) is 4.28. The molecule has 0 unspecified atom stereocenters. The van der Waals surface area contributed by atoms with Crippen molar-refractivity contribution in [1.82, 2.24) is 0 Å². The van der Waals surface area contributed by atoms with E-state index >= 15 is 0 Å². The number of methoxy groups -OCH3 is 1. The lowest BCUT2D eigenvalue weighted by Crippen LogP contribution is -2.17. The summed E-state index contributed by atoms with van der Waals surface area (Å²) in [5, 5.41) is 3.24. The zero-order valence-electron chi connectivity index (χ0n) is 16.5. The zero-order chi connectivity index (χ0) is 21.7. The van der Waals surface area contributed by atoms with Gasteiger partial charge in [0.25, 0.3) is 10.0 Å². The Bertz CT molecular complexity index is 1160. The average Bonchev–Trinajstić information content (AvgIpc) is 2.69. The maximum Gasteiger partial charge on any atom is 0.265 e. The van der Waals surface area contributed by atoms with Crippen LogP contribution in [0, 0.1) is 6.92 Å². The second kappa shape index (κ2) is 9.19. The first kappa shape index (κ1) is 21.7. The number of hydrogen-bond donors (Lipinski definition) is 2. The third kappa shape index (κ3) is 5.52. The molecule has 0 atom stereocenters. The molecule has 0 aliphatic carbocycles. The summed E-state index contributed by atoms with van der Waals surface area (Å²) in [5.74, 6) is -0.0899. The standard InChI is InChI=1S/C22H21ClN2O4S/c1-15-4-3-5-16(12-15)13-22(26)24-19-10-11-20(29-2)21(14-19)30(27,28)25-18-8-6-17(23)7-9-18/h3-12,14,25H,13H2,1-2H3,(H,24,26). The molecule has 30 heavy (non-hydrogen) atoms. The molecule has 8 heteroatoms. The molecule has 3 aromatic rings. The van der Waals surface area contributed by atoms with Crippen molar-refractivity contribution in [2.75, 3.05) is 17.1 Å². The van der Waals surface area contributed by atoms with E-state index in [9.17, 15) is 13.2 Å². The van der Waals surface area contributed by atoms with Crippen LogP contribution in [-0.4, -0.2) is 21.4 Å². The highest BCUT2D eigenvalue weighted by Gasteiger charge is 2.21. The molecule has 0 saturated carbocycles. The number of hydrogen-bond acceptors (Lipinski definition) is 4. The highest BCUT2D eigenvalue weighted by Crippen LogP contribution is 2.29. The number of ether oxygens (including phenoxy) is 1. The SMILES string of the molecule is COc1ccc(NC(=O)Cc2cccc(C)c2)cc1S(=O)(=O)Nc1ccc(Cl)cc1. The van der Waals surface area contributed by atoms with Crippen LogP contribution in [0.25, 0.3) is 0 Å². The fourth-order valence-electron chi connectivity index (χ4n) is 2.91. The lowest BCUT2D eigenvalue weighted by molar-refractivity contribution is -0.115. The fraction of sp³-hybridized carbons (Fsp3) is 0.136. The van der Waals surface area contributed by atoms with E-state index < -0.39 is 10.0 Å². The molecule has 0 spiro atoms. The van der Waals surface area contributed by atoms with Gasteiger partial charge >= 0.3 is 0 Å². The summed E-state index contributed by atoms with van der Waals surface area (Å²) < 4.78 is 33.5. The molecule has 0 bridgehead atoms. The lowest BCUT2D eigenvalue weighted by Gasteiger charge is -2.14. The van der Waals surface area contributed by atoms with Crippen molar-refractivity contribution >= 4 is 38.9 Å². The van der Waals surface area contributed by atoms with E-state index in [1.54, 1.807) is 30.3 Å². The van der Waals surface area contributed by atoms with Crippen molar-refractivity contribution in [1.29, 1.82) is 0 Å². The number of aryl methyl sites for hydroxylation is 1. The molecule has 0 aliphatic rings. The maximum absolute atomic E-state index is 12.9. The van der Waals surface area contributed by atoms with E-state index in [1.165, 1.54) is 19.2 Å². The van der Waals surface area contributed by atoms with Gasteiger partial charge in [0.05, 0.1) is 13.5 Å². The summed E-state index contributed by atoms with van der Waals surface area (Å²) >= 11 is 5.85. The molecule has 0 radical (unpaired) electrons. The van der Waals surface area contributed by atoms with Crippen LogP contribution in [0.5, 0.6) is 5.75 Å². The Morgan fingerprint density at radius 1 is 1.00 bits per heavy atom. The van der Waals surface area contributed by atoms with Gasteiger partial charge < -0.3 is 10.1 Å². The maximum atomic E-state index is 12.9. The summed E-state index contributed by atoms with van der Waals surface area (Å²) in [5.41, 5.74) is 2.64. The van der Waals surface area contributed by atoms with Gasteiger partial charge in [-0.05, 0) is 55.0 Å². The average molecular weight is 445 g/mol. The van der Waals surface area contributed by atoms with E-state index in [2.05, 4.69) is 10.0 Å². The second-order valence-electron chi connectivity index (χ2n) is 6.69. The predicted molar refractivity (Wildman–Crippen MR) is 119 cm³/mol. The van der Waals surface area contributed by atoms with E-state index in [0.29, 0.717) is 16.4 Å². The van der Waals surface area contributed by atoms with Gasteiger partial charge in [0.1, 0.15) is 10.6 Å². The summed E-state index contributed by atoms with van der Waals surface area (Å²) in [4.78, 5) is 12.3. The number of rotatable bonds is 7. The molecule has 1 amide bonds. The number of anilines is 2. The van der Waals surface area contributed by atoms with Gasteiger partial charge in [-0.25, -0.2) is 8.42 Å². The van der Waals surface area contributed by atoms with E-state index in [4.69, 9.17) is 16.3 Å². The fourth-order valence-corrected chi connectivity index (χ4v) is 4.29. The lowest BCUT2D eigenvalue weighted by atomic mass is 10.1. The Hall–Kier alpha value is -3.03. The van der Waals surface area contributed by atoms with Crippen molar-refractivity contribution in [2.45, 2.75) is 18.2 Å². The van der Waals surface area contributed by atoms with Gasteiger partial charge in [0.15, 0.2) is 0 Å². The van der Waals surface area contributed by atoms with Crippen molar-refractivity contribution in [3.8, 4) is 5.75 Å². The van der Waals surface area contributed by atoms with Gasteiger partial charge in [-0.15, -0.1) is 0 Å². The number of carbonyl (C=O) groups excluding carboxylic acids is 1. The summed E-state index contributed by atoms with van der Waals surface area (Å²) in [6.45, 7) is 1.95. The quantitative estimate of drug-likeness (QED) is 0.556. The molecule has 0 fully saturated rings. The van der Waals surface area contributed by atoms with Gasteiger partial charge in [-0.1, -0.05) is 41.4 Å². The smallest absolute Gasteiger partial charge is 0.265 e. The molecule has 0 heterocycles. The highest BCUT2D eigenvalue weighted by atomic mass is 35.5. The van der Waals surface area contributed by atoms with Gasteiger partial charge in [-0.3, -0.25) is 9.52 Å². The van der Waals surface area contributed by atoms with Crippen molar-refractivity contribution < 1.29 is 17.9 Å². The van der Waals surface area contributed by atoms with Crippen LogP contribution >= 0.6 is 11.6 Å².